The van der Waals surface area contributed by atoms with Crippen molar-refractivity contribution in [2.75, 3.05) is 5.75 Å². The van der Waals surface area contributed by atoms with Gasteiger partial charge in [0.1, 0.15) is 5.78 Å². The molecule has 1 aliphatic rings. The fourth-order valence-corrected chi connectivity index (χ4v) is 4.43. The maximum absolute atomic E-state index is 12.0. The zero-order valence-corrected chi connectivity index (χ0v) is 10.8. The first-order valence-electron chi connectivity index (χ1n) is 5.81. The van der Waals surface area contributed by atoms with Crippen molar-refractivity contribution in [3.05, 3.63) is 29.8 Å². The highest BCUT2D eigenvalue weighted by molar-refractivity contribution is 7.91. The average molecular weight is 252 g/mol. The Balaban J connectivity index is 2.45. The van der Waals surface area contributed by atoms with Crippen LogP contribution in [0.4, 0.5) is 0 Å². The summed E-state index contributed by atoms with van der Waals surface area (Å²) in [5.41, 5.74) is 0.807. The SMILES string of the molecule is CCC(=O)C(C)C1CS(=O)(=O)c2ccccc21. The lowest BCUT2D eigenvalue weighted by atomic mass is 9.85. The largest absolute Gasteiger partial charge is 0.299 e. The predicted molar refractivity (Wildman–Crippen MR) is 65.7 cm³/mol. The predicted octanol–water partition coefficient (Wildman–Crippen LogP) is 2.17. The molecule has 1 aliphatic heterocycles. The Morgan fingerprint density at radius 1 is 1.41 bits per heavy atom. The summed E-state index contributed by atoms with van der Waals surface area (Å²) in [5.74, 6) is -0.205. The molecule has 0 aliphatic carbocycles. The van der Waals surface area contributed by atoms with E-state index in [1.807, 2.05) is 26.0 Å². The minimum atomic E-state index is -3.19. The van der Waals surface area contributed by atoms with Gasteiger partial charge in [0.05, 0.1) is 10.6 Å². The van der Waals surface area contributed by atoms with Crippen molar-refractivity contribution in [1.82, 2.24) is 0 Å². The van der Waals surface area contributed by atoms with Crippen LogP contribution in [0.5, 0.6) is 0 Å². The third-order valence-corrected chi connectivity index (χ3v) is 5.35. The number of rotatable bonds is 3. The summed E-state index contributed by atoms with van der Waals surface area (Å²) in [7, 11) is -3.19. The fourth-order valence-electron chi connectivity index (χ4n) is 2.45. The van der Waals surface area contributed by atoms with E-state index in [1.165, 1.54) is 0 Å². The second kappa shape index (κ2) is 4.26. The number of carbonyl (C=O) groups is 1. The Labute approximate surface area is 102 Å². The van der Waals surface area contributed by atoms with E-state index in [2.05, 4.69) is 0 Å². The van der Waals surface area contributed by atoms with Gasteiger partial charge < -0.3 is 0 Å². The second-order valence-electron chi connectivity index (χ2n) is 4.53. The van der Waals surface area contributed by atoms with Crippen molar-refractivity contribution in [3.8, 4) is 0 Å². The summed E-state index contributed by atoms with van der Waals surface area (Å²) < 4.78 is 23.9. The van der Waals surface area contributed by atoms with Gasteiger partial charge in [-0.05, 0) is 11.6 Å². The molecule has 2 unspecified atom stereocenters. The lowest BCUT2D eigenvalue weighted by Gasteiger charge is -2.17. The van der Waals surface area contributed by atoms with Gasteiger partial charge in [-0.1, -0.05) is 32.0 Å². The maximum Gasteiger partial charge on any atom is 0.179 e. The van der Waals surface area contributed by atoms with Crippen molar-refractivity contribution < 1.29 is 13.2 Å². The van der Waals surface area contributed by atoms with Crippen LogP contribution in [0.2, 0.25) is 0 Å². The number of fused-ring (bicyclic) bond motifs is 1. The highest BCUT2D eigenvalue weighted by Gasteiger charge is 2.38. The van der Waals surface area contributed by atoms with E-state index in [-0.39, 0.29) is 23.4 Å². The van der Waals surface area contributed by atoms with E-state index in [9.17, 15) is 13.2 Å². The van der Waals surface area contributed by atoms with Crippen LogP contribution in [-0.4, -0.2) is 20.0 Å². The third kappa shape index (κ3) is 2.02. The van der Waals surface area contributed by atoms with Crippen molar-refractivity contribution in [2.24, 2.45) is 5.92 Å². The monoisotopic (exact) mass is 252 g/mol. The van der Waals surface area contributed by atoms with Gasteiger partial charge in [-0.2, -0.15) is 0 Å². The van der Waals surface area contributed by atoms with Crippen molar-refractivity contribution in [2.45, 2.75) is 31.1 Å². The van der Waals surface area contributed by atoms with Gasteiger partial charge in [-0.3, -0.25) is 4.79 Å². The third-order valence-electron chi connectivity index (χ3n) is 3.51. The molecule has 17 heavy (non-hydrogen) atoms. The summed E-state index contributed by atoms with van der Waals surface area (Å²) >= 11 is 0. The van der Waals surface area contributed by atoms with Gasteiger partial charge in [0.2, 0.25) is 0 Å². The lowest BCUT2D eigenvalue weighted by molar-refractivity contribution is -0.122. The molecule has 1 heterocycles. The van der Waals surface area contributed by atoms with E-state index in [4.69, 9.17) is 0 Å². The van der Waals surface area contributed by atoms with Gasteiger partial charge >= 0.3 is 0 Å². The summed E-state index contributed by atoms with van der Waals surface area (Å²) in [6.07, 6.45) is 0.458. The van der Waals surface area contributed by atoms with Gasteiger partial charge in [-0.25, -0.2) is 8.42 Å². The molecule has 2 atom stereocenters. The molecule has 0 spiro atoms. The van der Waals surface area contributed by atoms with Crippen LogP contribution in [0.25, 0.3) is 0 Å². The minimum absolute atomic E-state index is 0.0687. The summed E-state index contributed by atoms with van der Waals surface area (Å²) in [6, 6.07) is 7.01. The number of benzene rings is 1. The van der Waals surface area contributed by atoms with Gasteiger partial charge in [0.25, 0.3) is 0 Å². The van der Waals surface area contributed by atoms with Gasteiger partial charge in [0, 0.05) is 18.3 Å². The fraction of sp³-hybridized carbons (Fsp3) is 0.462. The highest BCUT2D eigenvalue weighted by atomic mass is 32.2. The van der Waals surface area contributed by atoms with Crippen LogP contribution >= 0.6 is 0 Å². The Kier molecular flexibility index (Phi) is 3.08. The molecule has 0 bridgehead atoms. The number of hydrogen-bond acceptors (Lipinski definition) is 3. The van der Waals surface area contributed by atoms with Crippen LogP contribution in [0.15, 0.2) is 29.2 Å². The molecule has 0 fully saturated rings. The summed E-state index contributed by atoms with van der Waals surface area (Å²) in [6.45, 7) is 3.64. The molecule has 0 saturated carbocycles. The van der Waals surface area contributed by atoms with Crippen LogP contribution in [0, 0.1) is 5.92 Å². The smallest absolute Gasteiger partial charge is 0.179 e. The summed E-state index contributed by atoms with van der Waals surface area (Å²) in [4.78, 5) is 12.1. The van der Waals surface area contributed by atoms with Crippen LogP contribution < -0.4 is 0 Å². The first-order valence-corrected chi connectivity index (χ1v) is 7.47. The average Bonchev–Trinajstić information content (AvgIpc) is 2.60. The van der Waals surface area contributed by atoms with E-state index >= 15 is 0 Å². The van der Waals surface area contributed by atoms with Crippen LogP contribution in [0.3, 0.4) is 0 Å². The van der Waals surface area contributed by atoms with Crippen molar-refractivity contribution in [3.63, 3.8) is 0 Å². The molecule has 0 aromatic heterocycles. The Morgan fingerprint density at radius 3 is 2.71 bits per heavy atom. The van der Waals surface area contributed by atoms with E-state index in [0.717, 1.165) is 5.56 Å². The number of carbonyl (C=O) groups excluding carboxylic acids is 1. The molecule has 4 heteroatoms. The lowest BCUT2D eigenvalue weighted by Crippen LogP contribution is -2.20. The number of ketones is 1. The van der Waals surface area contributed by atoms with Crippen LogP contribution in [-0.2, 0) is 14.6 Å². The minimum Gasteiger partial charge on any atom is -0.299 e. The van der Waals surface area contributed by atoms with E-state index in [0.29, 0.717) is 11.3 Å². The van der Waals surface area contributed by atoms with Crippen molar-refractivity contribution in [1.29, 1.82) is 0 Å². The molecule has 1 aromatic carbocycles. The zero-order chi connectivity index (χ0) is 12.6. The Hall–Kier alpha value is -1.16. The summed E-state index contributed by atoms with van der Waals surface area (Å²) in [5, 5.41) is 0. The topological polar surface area (TPSA) is 51.2 Å². The molecule has 0 radical (unpaired) electrons. The molecule has 0 amide bonds. The number of hydrogen-bond donors (Lipinski definition) is 0. The first-order chi connectivity index (χ1) is 7.97. The number of sulfone groups is 1. The molecular weight excluding hydrogens is 236 g/mol. The van der Waals surface area contributed by atoms with Crippen LogP contribution in [0.1, 0.15) is 31.7 Å². The van der Waals surface area contributed by atoms with Gasteiger partial charge in [-0.15, -0.1) is 0 Å². The maximum atomic E-state index is 12.0. The first kappa shape index (κ1) is 12.3. The second-order valence-corrected chi connectivity index (χ2v) is 6.54. The van der Waals surface area contributed by atoms with E-state index in [1.54, 1.807) is 12.1 Å². The normalized spacial score (nSPS) is 23.1. The van der Waals surface area contributed by atoms with Gasteiger partial charge in [0.15, 0.2) is 9.84 Å². The molecule has 3 nitrogen and oxygen atoms in total. The van der Waals surface area contributed by atoms with E-state index < -0.39 is 9.84 Å². The Morgan fingerprint density at radius 2 is 2.06 bits per heavy atom. The molecule has 2 rings (SSSR count). The molecule has 92 valence electrons. The quantitative estimate of drug-likeness (QED) is 0.828. The number of Topliss-reactive ketones (excluding diaryl/α,β-unsaturated/α-hetero) is 1. The molecular formula is C13H16O3S. The highest BCUT2D eigenvalue weighted by Crippen LogP contribution is 2.39. The molecule has 0 saturated heterocycles. The van der Waals surface area contributed by atoms with Crippen molar-refractivity contribution >= 4 is 15.6 Å². The molecule has 1 aromatic rings. The Bertz CT molecular complexity index is 546. The molecule has 0 N–H and O–H groups in total. The zero-order valence-electron chi connectivity index (χ0n) is 10.0. The standard InChI is InChI=1S/C13H16O3S/c1-3-12(14)9(2)11-8-17(15,16)13-7-5-4-6-10(11)13/h4-7,9,11H,3,8H2,1-2H3.